The highest BCUT2D eigenvalue weighted by Gasteiger charge is 2.17. The second-order valence-electron chi connectivity index (χ2n) is 3.34. The molecule has 5 nitrogen and oxygen atoms in total. The maximum absolute atomic E-state index is 10.8. The number of nitrogens with zero attached hydrogens (tertiary/aromatic N) is 2. The zero-order valence-electron chi connectivity index (χ0n) is 8.10. The first-order valence-electron chi connectivity index (χ1n) is 4.39. The summed E-state index contributed by atoms with van der Waals surface area (Å²) in [6, 6.07) is 5.42. The fraction of sp³-hybridized carbons (Fsp3) is 0.100. The number of pyridine rings is 1. The van der Waals surface area contributed by atoms with Crippen LogP contribution in [0, 0.1) is 17.0 Å². The van der Waals surface area contributed by atoms with Crippen LogP contribution in [0.2, 0.25) is 0 Å². The number of nitrogen functional groups attached to an aromatic ring is 1. The number of nitro groups is 1. The van der Waals surface area contributed by atoms with Gasteiger partial charge in [-0.15, -0.1) is 0 Å². The van der Waals surface area contributed by atoms with E-state index in [2.05, 4.69) is 4.98 Å². The van der Waals surface area contributed by atoms with Gasteiger partial charge in [-0.25, -0.2) is 4.98 Å². The fourth-order valence-corrected chi connectivity index (χ4v) is 1.52. The van der Waals surface area contributed by atoms with Crippen LogP contribution < -0.4 is 5.73 Å². The van der Waals surface area contributed by atoms with Gasteiger partial charge >= 0.3 is 5.69 Å². The van der Waals surface area contributed by atoms with Gasteiger partial charge in [0.2, 0.25) is 5.82 Å². The molecule has 76 valence electrons. The Labute approximate surface area is 85.7 Å². The lowest BCUT2D eigenvalue weighted by molar-refractivity contribution is -0.382. The molecule has 0 bridgehead atoms. The first-order chi connectivity index (χ1) is 7.09. The van der Waals surface area contributed by atoms with Crippen molar-refractivity contribution in [2.24, 2.45) is 0 Å². The standard InChI is InChI=1S/C10H9N3O2/c1-6-2-3-7-5-12-10(11)9(13(14)15)8(7)4-6/h2-5H,1H3,(H2,11,12). The van der Waals surface area contributed by atoms with Crippen LogP contribution in [-0.2, 0) is 0 Å². The van der Waals surface area contributed by atoms with E-state index >= 15 is 0 Å². The summed E-state index contributed by atoms with van der Waals surface area (Å²) >= 11 is 0. The van der Waals surface area contributed by atoms with E-state index < -0.39 is 4.92 Å². The Morgan fingerprint density at radius 3 is 2.87 bits per heavy atom. The molecule has 0 aliphatic rings. The first-order valence-corrected chi connectivity index (χ1v) is 4.39. The zero-order valence-corrected chi connectivity index (χ0v) is 8.10. The van der Waals surface area contributed by atoms with Crippen molar-refractivity contribution in [3.05, 3.63) is 40.1 Å². The number of nitrogens with two attached hydrogens (primary N) is 1. The van der Waals surface area contributed by atoms with Gasteiger partial charge in [0.05, 0.1) is 10.3 Å². The SMILES string of the molecule is Cc1ccc2cnc(N)c([N+](=O)[O-])c2c1. The van der Waals surface area contributed by atoms with E-state index in [0.29, 0.717) is 5.39 Å². The number of rotatable bonds is 1. The third kappa shape index (κ3) is 1.48. The average Bonchev–Trinajstić information content (AvgIpc) is 2.16. The van der Waals surface area contributed by atoms with Crippen LogP contribution in [0.15, 0.2) is 24.4 Å². The third-order valence-electron chi connectivity index (χ3n) is 2.23. The van der Waals surface area contributed by atoms with E-state index in [0.717, 1.165) is 10.9 Å². The summed E-state index contributed by atoms with van der Waals surface area (Å²) in [5, 5.41) is 12.1. The Kier molecular flexibility index (Phi) is 2.00. The minimum absolute atomic E-state index is 0.0434. The molecule has 2 N–H and O–H groups in total. The number of anilines is 1. The molecule has 1 heterocycles. The van der Waals surface area contributed by atoms with Crippen molar-refractivity contribution in [2.75, 3.05) is 5.73 Å². The number of hydrogen-bond acceptors (Lipinski definition) is 4. The monoisotopic (exact) mass is 203 g/mol. The molecule has 0 amide bonds. The highest BCUT2D eigenvalue weighted by molar-refractivity contribution is 5.94. The van der Waals surface area contributed by atoms with E-state index in [1.807, 2.05) is 13.0 Å². The molecular weight excluding hydrogens is 194 g/mol. The van der Waals surface area contributed by atoms with Crippen LogP contribution in [0.25, 0.3) is 10.8 Å². The summed E-state index contributed by atoms with van der Waals surface area (Å²) in [5.74, 6) is -0.0434. The Morgan fingerprint density at radius 2 is 2.20 bits per heavy atom. The molecule has 1 aromatic carbocycles. The summed E-state index contributed by atoms with van der Waals surface area (Å²) < 4.78 is 0. The highest BCUT2D eigenvalue weighted by Crippen LogP contribution is 2.29. The van der Waals surface area contributed by atoms with Crippen LogP contribution in [-0.4, -0.2) is 9.91 Å². The maximum Gasteiger partial charge on any atom is 0.318 e. The molecule has 15 heavy (non-hydrogen) atoms. The van der Waals surface area contributed by atoms with Crippen molar-refractivity contribution >= 4 is 22.3 Å². The number of aryl methyl sites for hydroxylation is 1. The van der Waals surface area contributed by atoms with Crippen molar-refractivity contribution in [3.8, 4) is 0 Å². The number of hydrogen-bond donors (Lipinski definition) is 1. The Hall–Kier alpha value is -2.17. The molecular formula is C10H9N3O2. The fourth-order valence-electron chi connectivity index (χ4n) is 1.52. The van der Waals surface area contributed by atoms with Gasteiger partial charge in [0.15, 0.2) is 0 Å². The van der Waals surface area contributed by atoms with Gasteiger partial charge in [-0.05, 0) is 13.0 Å². The van der Waals surface area contributed by atoms with E-state index in [1.54, 1.807) is 12.1 Å². The lowest BCUT2D eigenvalue weighted by Crippen LogP contribution is -1.99. The van der Waals surface area contributed by atoms with Gasteiger partial charge < -0.3 is 5.73 Å². The summed E-state index contributed by atoms with van der Waals surface area (Å²) in [6.07, 6.45) is 1.54. The molecule has 0 unspecified atom stereocenters. The van der Waals surface area contributed by atoms with Crippen molar-refractivity contribution < 1.29 is 4.92 Å². The minimum atomic E-state index is -0.496. The normalized spacial score (nSPS) is 10.5. The first kappa shape index (κ1) is 9.39. The van der Waals surface area contributed by atoms with Crippen LogP contribution in [0.1, 0.15) is 5.56 Å². The predicted molar refractivity (Wildman–Crippen MR) is 57.5 cm³/mol. The van der Waals surface area contributed by atoms with Gasteiger partial charge in [0.1, 0.15) is 0 Å². The predicted octanol–water partition coefficient (Wildman–Crippen LogP) is 2.03. The molecule has 0 aliphatic heterocycles. The Balaban J connectivity index is 2.90. The van der Waals surface area contributed by atoms with E-state index in [9.17, 15) is 10.1 Å². The highest BCUT2D eigenvalue weighted by atomic mass is 16.6. The maximum atomic E-state index is 10.8. The van der Waals surface area contributed by atoms with E-state index in [1.165, 1.54) is 6.20 Å². The van der Waals surface area contributed by atoms with Gasteiger partial charge in [-0.1, -0.05) is 17.7 Å². The van der Waals surface area contributed by atoms with Gasteiger partial charge in [-0.2, -0.15) is 0 Å². The molecule has 1 aromatic heterocycles. The van der Waals surface area contributed by atoms with Crippen LogP contribution in [0.4, 0.5) is 11.5 Å². The number of fused-ring (bicyclic) bond motifs is 1. The van der Waals surface area contributed by atoms with Crippen LogP contribution >= 0.6 is 0 Å². The summed E-state index contributed by atoms with van der Waals surface area (Å²) in [6.45, 7) is 1.87. The van der Waals surface area contributed by atoms with Crippen LogP contribution in [0.3, 0.4) is 0 Å². The van der Waals surface area contributed by atoms with Crippen molar-refractivity contribution in [1.82, 2.24) is 4.98 Å². The van der Waals surface area contributed by atoms with Crippen molar-refractivity contribution in [3.63, 3.8) is 0 Å². The van der Waals surface area contributed by atoms with Crippen LogP contribution in [0.5, 0.6) is 0 Å². The topological polar surface area (TPSA) is 82.0 Å². The molecule has 0 radical (unpaired) electrons. The lowest BCUT2D eigenvalue weighted by atomic mass is 10.1. The smallest absolute Gasteiger partial charge is 0.318 e. The average molecular weight is 203 g/mol. The van der Waals surface area contributed by atoms with E-state index in [4.69, 9.17) is 5.73 Å². The number of aromatic nitrogens is 1. The number of benzene rings is 1. The second kappa shape index (κ2) is 3.20. The van der Waals surface area contributed by atoms with Gasteiger partial charge in [-0.3, -0.25) is 10.1 Å². The molecule has 0 saturated heterocycles. The van der Waals surface area contributed by atoms with Gasteiger partial charge in [0, 0.05) is 11.6 Å². The molecule has 0 atom stereocenters. The van der Waals surface area contributed by atoms with Crippen molar-refractivity contribution in [1.29, 1.82) is 0 Å². The lowest BCUT2D eigenvalue weighted by Gasteiger charge is -2.02. The third-order valence-corrected chi connectivity index (χ3v) is 2.23. The molecule has 0 fully saturated rings. The zero-order chi connectivity index (χ0) is 11.0. The second-order valence-corrected chi connectivity index (χ2v) is 3.34. The minimum Gasteiger partial charge on any atom is -0.378 e. The summed E-state index contributed by atoms with van der Waals surface area (Å²) in [7, 11) is 0. The largest absolute Gasteiger partial charge is 0.378 e. The quantitative estimate of drug-likeness (QED) is 0.567. The van der Waals surface area contributed by atoms with Crippen molar-refractivity contribution in [2.45, 2.75) is 6.92 Å². The van der Waals surface area contributed by atoms with Gasteiger partial charge in [0.25, 0.3) is 0 Å². The molecule has 0 saturated carbocycles. The molecule has 2 rings (SSSR count). The van der Waals surface area contributed by atoms with E-state index in [-0.39, 0.29) is 11.5 Å². The molecule has 0 spiro atoms. The summed E-state index contributed by atoms with van der Waals surface area (Å²) in [5.41, 5.74) is 6.33. The Morgan fingerprint density at radius 1 is 1.47 bits per heavy atom. The summed E-state index contributed by atoms with van der Waals surface area (Å²) in [4.78, 5) is 14.1. The Bertz CT molecular complexity index is 546. The molecule has 0 aliphatic carbocycles. The molecule has 2 aromatic rings. The molecule has 5 heteroatoms.